The molecule has 0 spiro atoms. The third kappa shape index (κ3) is 3.65. The molecule has 1 aromatic carbocycles. The lowest BCUT2D eigenvalue weighted by molar-refractivity contribution is 0.114. The van der Waals surface area contributed by atoms with Crippen LogP contribution in [0.3, 0.4) is 0 Å². The van der Waals surface area contributed by atoms with Gasteiger partial charge < -0.3 is 20.3 Å². The van der Waals surface area contributed by atoms with Gasteiger partial charge in [0, 0.05) is 36.4 Å². The molecule has 2 fully saturated rings. The van der Waals surface area contributed by atoms with Crippen LogP contribution in [0.25, 0.3) is 0 Å². The molecule has 6 heteroatoms. The predicted octanol–water partition coefficient (Wildman–Crippen LogP) is 2.40. The van der Waals surface area contributed by atoms with Crippen molar-refractivity contribution in [1.29, 1.82) is 0 Å². The topological polar surface area (TPSA) is 53.6 Å². The number of ether oxygens (including phenoxy) is 1. The van der Waals surface area contributed by atoms with Gasteiger partial charge >= 0.3 is 6.03 Å². The highest BCUT2D eigenvalue weighted by Crippen LogP contribution is 2.22. The van der Waals surface area contributed by atoms with Crippen molar-refractivity contribution >= 4 is 23.3 Å². The average molecular weight is 324 g/mol. The number of carbonyl (C=O) groups excluding carboxylic acids is 1. The van der Waals surface area contributed by atoms with E-state index in [-0.39, 0.29) is 24.2 Å². The monoisotopic (exact) mass is 323 g/mol. The number of hydrogen-bond donors (Lipinski definition) is 2. The largest absolute Gasteiger partial charge is 0.376 e. The summed E-state index contributed by atoms with van der Waals surface area (Å²) in [6, 6.07) is 8.02. The zero-order valence-corrected chi connectivity index (χ0v) is 13.5. The summed E-state index contributed by atoms with van der Waals surface area (Å²) in [5, 5.41) is 6.81. The second kappa shape index (κ2) is 6.75. The molecule has 2 N–H and O–H groups in total. The van der Waals surface area contributed by atoms with Gasteiger partial charge in [-0.15, -0.1) is 0 Å². The lowest BCUT2D eigenvalue weighted by Gasteiger charge is -2.21. The summed E-state index contributed by atoms with van der Waals surface area (Å²) >= 11 is 5.91. The molecule has 2 heterocycles. The number of amides is 2. The Kier molecular flexibility index (Phi) is 4.74. The molecule has 22 heavy (non-hydrogen) atoms. The van der Waals surface area contributed by atoms with Crippen LogP contribution in [0.15, 0.2) is 24.3 Å². The number of carbonyl (C=O) groups is 1. The number of rotatable bonds is 3. The van der Waals surface area contributed by atoms with Crippen molar-refractivity contribution in [1.82, 2.24) is 10.6 Å². The lowest BCUT2D eigenvalue weighted by atomic mass is 10.2. The maximum atomic E-state index is 12.1. The molecule has 120 valence electrons. The van der Waals surface area contributed by atoms with Gasteiger partial charge in [0.15, 0.2) is 0 Å². The highest BCUT2D eigenvalue weighted by atomic mass is 35.5. The van der Waals surface area contributed by atoms with Crippen LogP contribution in [0.4, 0.5) is 10.5 Å². The Hall–Kier alpha value is -1.46. The summed E-state index contributed by atoms with van der Waals surface area (Å²) < 4.78 is 5.46. The van der Waals surface area contributed by atoms with Gasteiger partial charge in [-0.25, -0.2) is 4.79 Å². The van der Waals surface area contributed by atoms with Crippen molar-refractivity contribution in [2.45, 2.75) is 38.0 Å². The normalized spacial score (nSPS) is 27.9. The van der Waals surface area contributed by atoms with Crippen LogP contribution in [0.5, 0.6) is 0 Å². The molecule has 0 saturated carbocycles. The Labute approximate surface area is 136 Å². The van der Waals surface area contributed by atoms with E-state index in [4.69, 9.17) is 16.3 Å². The molecule has 1 aromatic rings. The third-order valence-electron chi connectivity index (χ3n) is 4.41. The fraction of sp³-hybridized carbons (Fsp3) is 0.562. The van der Waals surface area contributed by atoms with Crippen LogP contribution in [0, 0.1) is 0 Å². The molecule has 2 aliphatic heterocycles. The number of anilines is 1. The van der Waals surface area contributed by atoms with Crippen LogP contribution < -0.4 is 15.5 Å². The zero-order chi connectivity index (χ0) is 15.5. The predicted molar refractivity (Wildman–Crippen MR) is 87.6 cm³/mol. The van der Waals surface area contributed by atoms with Crippen molar-refractivity contribution in [2.75, 3.05) is 24.6 Å². The van der Waals surface area contributed by atoms with Crippen molar-refractivity contribution < 1.29 is 9.53 Å². The maximum absolute atomic E-state index is 12.1. The molecular formula is C16H22ClN3O2. The first-order valence-corrected chi connectivity index (χ1v) is 8.19. The summed E-state index contributed by atoms with van der Waals surface area (Å²) in [6.07, 6.45) is 1.93. The molecule has 0 aliphatic carbocycles. The van der Waals surface area contributed by atoms with Gasteiger partial charge in [-0.2, -0.15) is 0 Å². The summed E-state index contributed by atoms with van der Waals surface area (Å²) in [5.74, 6) is 0. The van der Waals surface area contributed by atoms with E-state index in [9.17, 15) is 4.79 Å². The van der Waals surface area contributed by atoms with Gasteiger partial charge in [-0.05, 0) is 44.0 Å². The van der Waals surface area contributed by atoms with Crippen LogP contribution >= 0.6 is 11.6 Å². The van der Waals surface area contributed by atoms with Gasteiger partial charge in [0.05, 0.1) is 12.1 Å². The Bertz CT molecular complexity index is 523. The zero-order valence-electron chi connectivity index (χ0n) is 12.7. The van der Waals surface area contributed by atoms with E-state index < -0.39 is 0 Å². The molecule has 0 unspecified atom stereocenters. The van der Waals surface area contributed by atoms with Crippen molar-refractivity contribution in [3.8, 4) is 0 Å². The minimum absolute atomic E-state index is 0.0923. The van der Waals surface area contributed by atoms with E-state index in [1.54, 1.807) is 0 Å². The number of hydrogen-bond acceptors (Lipinski definition) is 3. The first-order valence-electron chi connectivity index (χ1n) is 7.81. The molecule has 3 atom stereocenters. The third-order valence-corrected chi connectivity index (χ3v) is 4.66. The van der Waals surface area contributed by atoms with Gasteiger partial charge in [0.1, 0.15) is 0 Å². The SMILES string of the molecule is C[C@@H]1OCC[C@H]1NC(=O)N[C@@H]1CCN(c2ccc(Cl)cc2)C1. The number of benzene rings is 1. The molecule has 5 nitrogen and oxygen atoms in total. The molecule has 2 saturated heterocycles. The van der Waals surface area contributed by atoms with Crippen molar-refractivity contribution in [2.24, 2.45) is 0 Å². The summed E-state index contributed by atoms with van der Waals surface area (Å²) in [6.45, 7) is 4.48. The first kappa shape index (κ1) is 15.4. The highest BCUT2D eigenvalue weighted by Gasteiger charge is 2.28. The van der Waals surface area contributed by atoms with Crippen molar-refractivity contribution in [3.63, 3.8) is 0 Å². The molecule has 3 rings (SSSR count). The Balaban J connectivity index is 1.48. The Morgan fingerprint density at radius 2 is 2.05 bits per heavy atom. The molecule has 0 bridgehead atoms. The Morgan fingerprint density at radius 1 is 1.27 bits per heavy atom. The second-order valence-electron chi connectivity index (χ2n) is 6.00. The molecule has 0 aromatic heterocycles. The van der Waals surface area contributed by atoms with Crippen LogP contribution in [-0.2, 0) is 4.74 Å². The first-order chi connectivity index (χ1) is 10.6. The molecule has 2 amide bonds. The molecular weight excluding hydrogens is 302 g/mol. The van der Waals surface area contributed by atoms with E-state index in [1.807, 2.05) is 31.2 Å². The number of halogens is 1. The number of nitrogens with one attached hydrogen (secondary N) is 2. The minimum Gasteiger partial charge on any atom is -0.376 e. The maximum Gasteiger partial charge on any atom is 0.315 e. The standard InChI is InChI=1S/C16H22ClN3O2/c1-11-15(7-9-22-11)19-16(21)18-13-6-8-20(10-13)14-4-2-12(17)3-5-14/h2-5,11,13,15H,6-10H2,1H3,(H2,18,19,21)/t11-,13+,15+/m0/s1. The minimum atomic E-state index is -0.0923. The highest BCUT2D eigenvalue weighted by molar-refractivity contribution is 6.30. The fourth-order valence-corrected chi connectivity index (χ4v) is 3.21. The van der Waals surface area contributed by atoms with Gasteiger partial charge in [-0.3, -0.25) is 0 Å². The van der Waals surface area contributed by atoms with E-state index >= 15 is 0 Å². The van der Waals surface area contributed by atoms with Crippen LogP contribution in [-0.4, -0.2) is 43.9 Å². The number of urea groups is 1. The summed E-state index contributed by atoms with van der Waals surface area (Å²) in [4.78, 5) is 14.3. The van der Waals surface area contributed by atoms with E-state index in [0.29, 0.717) is 0 Å². The van der Waals surface area contributed by atoms with Crippen LogP contribution in [0.2, 0.25) is 5.02 Å². The van der Waals surface area contributed by atoms with Gasteiger partial charge in [0.2, 0.25) is 0 Å². The van der Waals surface area contributed by atoms with E-state index in [0.717, 1.165) is 43.2 Å². The lowest BCUT2D eigenvalue weighted by Crippen LogP contribution is -2.48. The average Bonchev–Trinajstić information content (AvgIpc) is 3.10. The van der Waals surface area contributed by atoms with E-state index in [1.165, 1.54) is 0 Å². The summed E-state index contributed by atoms with van der Waals surface area (Å²) in [5.41, 5.74) is 1.15. The van der Waals surface area contributed by atoms with Gasteiger partial charge in [-0.1, -0.05) is 11.6 Å². The van der Waals surface area contributed by atoms with Gasteiger partial charge in [0.25, 0.3) is 0 Å². The quantitative estimate of drug-likeness (QED) is 0.898. The molecule has 0 radical (unpaired) electrons. The second-order valence-corrected chi connectivity index (χ2v) is 6.43. The van der Waals surface area contributed by atoms with Crippen molar-refractivity contribution in [3.05, 3.63) is 29.3 Å². The fourth-order valence-electron chi connectivity index (χ4n) is 3.08. The molecule has 2 aliphatic rings. The summed E-state index contributed by atoms with van der Waals surface area (Å²) in [7, 11) is 0. The van der Waals surface area contributed by atoms with Crippen LogP contribution in [0.1, 0.15) is 19.8 Å². The smallest absolute Gasteiger partial charge is 0.315 e. The van der Waals surface area contributed by atoms with E-state index in [2.05, 4.69) is 15.5 Å². The number of nitrogens with zero attached hydrogens (tertiary/aromatic N) is 1. The Morgan fingerprint density at radius 3 is 2.73 bits per heavy atom.